The van der Waals surface area contributed by atoms with Gasteiger partial charge in [-0.3, -0.25) is 0 Å². The highest BCUT2D eigenvalue weighted by molar-refractivity contribution is 7.26. The monoisotopic (exact) mass is 540 g/mol. The van der Waals surface area contributed by atoms with E-state index in [1.807, 2.05) is 32.0 Å². The molecule has 8 rings (SSSR count). The molecule has 0 fully saturated rings. The van der Waals surface area contributed by atoms with E-state index in [2.05, 4.69) is 123 Å². The summed E-state index contributed by atoms with van der Waals surface area (Å²) >= 11 is 3.67. The van der Waals surface area contributed by atoms with Crippen molar-refractivity contribution in [1.82, 2.24) is 19.6 Å². The lowest BCUT2D eigenvalue weighted by atomic mass is 9.86. The zero-order chi connectivity index (χ0) is 26.1. The van der Waals surface area contributed by atoms with Crippen LogP contribution < -0.4 is 0 Å². The third kappa shape index (κ3) is 3.56. The Labute approximate surface area is 233 Å². The van der Waals surface area contributed by atoms with Crippen molar-refractivity contribution in [3.63, 3.8) is 0 Å². The third-order valence-electron chi connectivity index (χ3n) is 7.71. The Morgan fingerprint density at radius 3 is 1.44 bits per heavy atom. The standard InChI is InChI=1S/C33H24N4S2/c1-33(2,31-15-17-36(34-31)21-11-13-29-25(19-21)23-7-3-5-9-27(23)38-29)32-16-18-37(35-32)22-12-14-30-26(20-22)24-8-4-6-10-28(24)39-30/h3-20H,1-2H3. The van der Waals surface area contributed by atoms with E-state index in [-0.39, 0.29) is 5.41 Å². The third-order valence-corrected chi connectivity index (χ3v) is 10.0. The van der Waals surface area contributed by atoms with E-state index in [4.69, 9.17) is 10.2 Å². The Bertz CT molecular complexity index is 2020. The van der Waals surface area contributed by atoms with Crippen LogP contribution in [-0.2, 0) is 5.41 Å². The van der Waals surface area contributed by atoms with E-state index in [1.54, 1.807) is 0 Å². The van der Waals surface area contributed by atoms with E-state index in [1.165, 1.54) is 40.3 Å². The van der Waals surface area contributed by atoms with Gasteiger partial charge in [-0.2, -0.15) is 10.2 Å². The lowest BCUT2D eigenvalue weighted by Gasteiger charge is -2.19. The number of hydrogen-bond acceptors (Lipinski definition) is 4. The summed E-state index contributed by atoms with van der Waals surface area (Å²) in [6, 6.07) is 34.6. The molecule has 4 heterocycles. The van der Waals surface area contributed by atoms with E-state index in [9.17, 15) is 0 Å². The summed E-state index contributed by atoms with van der Waals surface area (Å²) in [4.78, 5) is 0. The molecule has 0 saturated heterocycles. The minimum atomic E-state index is -0.352. The molecular weight excluding hydrogens is 517 g/mol. The molecule has 0 N–H and O–H groups in total. The highest BCUT2D eigenvalue weighted by atomic mass is 32.1. The summed E-state index contributed by atoms with van der Waals surface area (Å²) in [5, 5.41) is 15.2. The van der Waals surface area contributed by atoms with Crippen LogP contribution in [0, 0.1) is 0 Å². The molecule has 0 atom stereocenters. The second-order valence-electron chi connectivity index (χ2n) is 10.5. The first kappa shape index (κ1) is 22.7. The Hall–Kier alpha value is -4.26. The SMILES string of the molecule is CC(C)(c1ccn(-c2ccc3sc4ccccc4c3c2)n1)c1ccn(-c2ccc3sc4ccccc4c3c2)n1. The number of fused-ring (bicyclic) bond motifs is 6. The molecule has 4 aromatic heterocycles. The number of rotatable bonds is 4. The van der Waals surface area contributed by atoms with Gasteiger partial charge in [-0.25, -0.2) is 9.36 Å². The number of thiophene rings is 2. The summed E-state index contributed by atoms with van der Waals surface area (Å²) in [6.45, 7) is 4.38. The highest BCUT2D eigenvalue weighted by Crippen LogP contribution is 2.37. The largest absolute Gasteiger partial charge is 0.241 e. The Kier molecular flexibility index (Phi) is 4.87. The molecule has 8 aromatic rings. The average molecular weight is 541 g/mol. The first-order valence-electron chi connectivity index (χ1n) is 13.0. The van der Waals surface area contributed by atoms with Crippen molar-refractivity contribution in [2.75, 3.05) is 0 Å². The van der Waals surface area contributed by atoms with Gasteiger partial charge < -0.3 is 0 Å². The van der Waals surface area contributed by atoms with Crippen LogP contribution in [0.2, 0.25) is 0 Å². The molecule has 0 saturated carbocycles. The zero-order valence-electron chi connectivity index (χ0n) is 21.5. The summed E-state index contributed by atoms with van der Waals surface area (Å²) in [5.74, 6) is 0. The fourth-order valence-corrected chi connectivity index (χ4v) is 7.62. The van der Waals surface area contributed by atoms with Crippen LogP contribution in [0.1, 0.15) is 25.2 Å². The maximum atomic E-state index is 5.02. The van der Waals surface area contributed by atoms with E-state index >= 15 is 0 Å². The topological polar surface area (TPSA) is 35.6 Å². The molecule has 0 unspecified atom stereocenters. The van der Waals surface area contributed by atoms with Gasteiger partial charge >= 0.3 is 0 Å². The van der Waals surface area contributed by atoms with Gasteiger partial charge in [-0.05, 0) is 74.5 Å². The van der Waals surface area contributed by atoms with Crippen LogP contribution in [0.25, 0.3) is 51.7 Å². The maximum Gasteiger partial charge on any atom is 0.0745 e. The van der Waals surface area contributed by atoms with E-state index in [0.29, 0.717) is 0 Å². The molecule has 6 heteroatoms. The molecule has 0 aliphatic rings. The van der Waals surface area contributed by atoms with Gasteiger partial charge in [0.2, 0.25) is 0 Å². The van der Waals surface area contributed by atoms with E-state index < -0.39 is 0 Å². The van der Waals surface area contributed by atoms with Gasteiger partial charge in [0.1, 0.15) is 0 Å². The van der Waals surface area contributed by atoms with E-state index in [0.717, 1.165) is 22.8 Å². The van der Waals surface area contributed by atoms with Gasteiger partial charge in [-0.15, -0.1) is 22.7 Å². The Morgan fingerprint density at radius 2 is 0.949 bits per heavy atom. The van der Waals surface area contributed by atoms with Crippen molar-refractivity contribution in [1.29, 1.82) is 0 Å². The second kappa shape index (κ2) is 8.37. The minimum absolute atomic E-state index is 0.352. The van der Waals surface area contributed by atoms with Crippen molar-refractivity contribution < 1.29 is 0 Å². The summed E-state index contributed by atoms with van der Waals surface area (Å²) < 4.78 is 9.19. The van der Waals surface area contributed by atoms with Crippen LogP contribution in [0.3, 0.4) is 0 Å². The molecule has 188 valence electrons. The van der Waals surface area contributed by atoms with Crippen molar-refractivity contribution in [3.05, 3.63) is 121 Å². The molecule has 0 aliphatic carbocycles. The van der Waals surface area contributed by atoms with Crippen LogP contribution in [0.5, 0.6) is 0 Å². The first-order valence-corrected chi connectivity index (χ1v) is 14.6. The Balaban J connectivity index is 1.14. The molecule has 0 aliphatic heterocycles. The second-order valence-corrected chi connectivity index (χ2v) is 12.6. The van der Waals surface area contributed by atoms with Crippen LogP contribution >= 0.6 is 22.7 Å². The number of benzene rings is 4. The van der Waals surface area contributed by atoms with Crippen molar-refractivity contribution in [2.45, 2.75) is 19.3 Å². The van der Waals surface area contributed by atoms with Gasteiger partial charge in [-0.1, -0.05) is 36.4 Å². The van der Waals surface area contributed by atoms with Crippen molar-refractivity contribution >= 4 is 63.0 Å². The smallest absolute Gasteiger partial charge is 0.0745 e. The quantitative estimate of drug-likeness (QED) is 0.223. The fourth-order valence-electron chi connectivity index (χ4n) is 5.45. The molecule has 39 heavy (non-hydrogen) atoms. The molecule has 4 nitrogen and oxygen atoms in total. The molecule has 4 aromatic carbocycles. The lowest BCUT2D eigenvalue weighted by molar-refractivity contribution is 0.576. The first-order chi connectivity index (χ1) is 19.0. The molecule has 0 radical (unpaired) electrons. The maximum absolute atomic E-state index is 5.02. The van der Waals surface area contributed by atoms with Gasteiger partial charge in [0.25, 0.3) is 0 Å². The van der Waals surface area contributed by atoms with Crippen molar-refractivity contribution in [3.8, 4) is 11.4 Å². The predicted octanol–water partition coefficient (Wildman–Crippen LogP) is 9.12. The summed E-state index contributed by atoms with van der Waals surface area (Å²) in [7, 11) is 0. The van der Waals surface area contributed by atoms with Gasteiger partial charge in [0.05, 0.1) is 28.2 Å². The van der Waals surface area contributed by atoms with Gasteiger partial charge in [0.15, 0.2) is 0 Å². The number of hydrogen-bond donors (Lipinski definition) is 0. The number of nitrogens with zero attached hydrogens (tertiary/aromatic N) is 4. The van der Waals surface area contributed by atoms with Gasteiger partial charge in [0, 0.05) is 52.7 Å². The lowest BCUT2D eigenvalue weighted by Crippen LogP contribution is -2.21. The zero-order valence-corrected chi connectivity index (χ0v) is 23.1. The highest BCUT2D eigenvalue weighted by Gasteiger charge is 2.29. The molecule has 0 spiro atoms. The van der Waals surface area contributed by atoms with Crippen LogP contribution in [-0.4, -0.2) is 19.6 Å². The van der Waals surface area contributed by atoms with Crippen LogP contribution in [0.4, 0.5) is 0 Å². The molecule has 0 bridgehead atoms. The fraction of sp³-hybridized carbons (Fsp3) is 0.0909. The summed E-state index contributed by atoms with van der Waals surface area (Å²) in [6.07, 6.45) is 4.11. The normalized spacial score (nSPS) is 12.4. The predicted molar refractivity (Wildman–Crippen MR) is 165 cm³/mol. The summed E-state index contributed by atoms with van der Waals surface area (Å²) in [5.41, 5.74) is 3.75. The Morgan fingerprint density at radius 1 is 0.513 bits per heavy atom. The molecule has 0 amide bonds. The van der Waals surface area contributed by atoms with Crippen LogP contribution in [0.15, 0.2) is 109 Å². The minimum Gasteiger partial charge on any atom is -0.241 e. The average Bonchev–Trinajstić information content (AvgIpc) is 3.76. The van der Waals surface area contributed by atoms with Crippen molar-refractivity contribution in [2.24, 2.45) is 0 Å². The number of aromatic nitrogens is 4. The molecular formula is C33H24N4S2.